The van der Waals surface area contributed by atoms with E-state index in [9.17, 15) is 19.2 Å². The highest BCUT2D eigenvalue weighted by atomic mass is 32.1. The number of carbonyl (C=O) groups excluding carboxylic acids is 4. The van der Waals surface area contributed by atoms with Crippen molar-refractivity contribution >= 4 is 35.8 Å². The number of carbonyl (C=O) groups is 4. The summed E-state index contributed by atoms with van der Waals surface area (Å²) in [6, 6.07) is 0. The Morgan fingerprint density at radius 3 is 1.59 bits per heavy atom. The van der Waals surface area contributed by atoms with Crippen molar-refractivity contribution in [2.75, 3.05) is 6.26 Å². The van der Waals surface area contributed by atoms with E-state index in [1.165, 1.54) is 12.2 Å². The molecular weight excluding hydrogens is 240 g/mol. The second-order valence-electron chi connectivity index (χ2n) is 3.73. The standard InChI is InChI=1S/C6H8O2.C5H4O2.CH4S/c1-4-2-5(7)3-6(4)8;6-4-1-2-5(7)3-4;1-2/h4H,2-3H2,1H3;1-2H,3H2;2H,1H3. The van der Waals surface area contributed by atoms with Crippen LogP contribution in [0, 0.1) is 5.92 Å². The zero-order valence-electron chi connectivity index (χ0n) is 9.93. The lowest BCUT2D eigenvalue weighted by atomic mass is 10.1. The molecule has 4 nitrogen and oxygen atoms in total. The number of ketones is 4. The summed E-state index contributed by atoms with van der Waals surface area (Å²) in [5, 5.41) is 0. The smallest absolute Gasteiger partial charge is 0.163 e. The summed E-state index contributed by atoms with van der Waals surface area (Å²) in [6.07, 6.45) is 5.05. The molecule has 0 aromatic heterocycles. The van der Waals surface area contributed by atoms with Gasteiger partial charge in [-0.25, -0.2) is 0 Å². The summed E-state index contributed by atoms with van der Waals surface area (Å²) in [4.78, 5) is 41.3. The molecule has 1 saturated carbocycles. The third-order valence-corrected chi connectivity index (χ3v) is 2.26. The molecule has 5 heteroatoms. The van der Waals surface area contributed by atoms with Crippen molar-refractivity contribution < 1.29 is 19.2 Å². The highest BCUT2D eigenvalue weighted by Gasteiger charge is 2.26. The summed E-state index contributed by atoms with van der Waals surface area (Å²) in [5.41, 5.74) is 0. The first-order valence-corrected chi connectivity index (χ1v) is 6.11. The van der Waals surface area contributed by atoms with Crippen molar-refractivity contribution in [3.05, 3.63) is 12.2 Å². The van der Waals surface area contributed by atoms with Gasteiger partial charge >= 0.3 is 0 Å². The number of rotatable bonds is 0. The minimum Gasteiger partial charge on any atom is -0.299 e. The van der Waals surface area contributed by atoms with Crippen LogP contribution in [0.3, 0.4) is 0 Å². The van der Waals surface area contributed by atoms with Crippen LogP contribution in [0.5, 0.6) is 0 Å². The molecule has 0 amide bonds. The van der Waals surface area contributed by atoms with E-state index in [0.29, 0.717) is 6.42 Å². The van der Waals surface area contributed by atoms with Crippen LogP contribution in [0.25, 0.3) is 0 Å². The molecule has 17 heavy (non-hydrogen) atoms. The largest absolute Gasteiger partial charge is 0.299 e. The van der Waals surface area contributed by atoms with Crippen LogP contribution >= 0.6 is 12.6 Å². The molecule has 0 aliphatic heterocycles. The van der Waals surface area contributed by atoms with E-state index in [-0.39, 0.29) is 41.9 Å². The van der Waals surface area contributed by atoms with E-state index in [1.807, 2.05) is 0 Å². The van der Waals surface area contributed by atoms with Crippen LogP contribution in [0.1, 0.15) is 26.2 Å². The number of allylic oxidation sites excluding steroid dienone is 2. The Labute approximate surface area is 106 Å². The Morgan fingerprint density at radius 1 is 1.00 bits per heavy atom. The summed E-state index contributed by atoms with van der Waals surface area (Å²) in [5.74, 6) is 0.0509. The highest BCUT2D eigenvalue weighted by Crippen LogP contribution is 2.16. The molecule has 2 aliphatic carbocycles. The number of hydrogen-bond donors (Lipinski definition) is 1. The fourth-order valence-corrected chi connectivity index (χ4v) is 1.37. The molecule has 0 aromatic rings. The first-order chi connectivity index (χ1) is 7.99. The molecule has 0 radical (unpaired) electrons. The van der Waals surface area contributed by atoms with E-state index in [4.69, 9.17) is 0 Å². The lowest BCUT2D eigenvalue weighted by molar-refractivity contribution is -0.123. The second-order valence-corrected chi connectivity index (χ2v) is 3.73. The van der Waals surface area contributed by atoms with Gasteiger partial charge in [-0.1, -0.05) is 6.92 Å². The normalized spacial score (nSPS) is 21.9. The van der Waals surface area contributed by atoms with Gasteiger partial charge in [0.15, 0.2) is 11.6 Å². The lowest BCUT2D eigenvalue weighted by Gasteiger charge is -1.89. The maximum atomic E-state index is 10.6. The van der Waals surface area contributed by atoms with Crippen molar-refractivity contribution in [2.24, 2.45) is 5.92 Å². The van der Waals surface area contributed by atoms with Crippen molar-refractivity contribution in [3.8, 4) is 0 Å². The molecule has 1 fully saturated rings. The lowest BCUT2D eigenvalue weighted by Crippen LogP contribution is -1.98. The Kier molecular flexibility index (Phi) is 7.37. The second kappa shape index (κ2) is 7.95. The molecule has 0 saturated heterocycles. The molecule has 2 aliphatic rings. The van der Waals surface area contributed by atoms with Crippen molar-refractivity contribution in [1.29, 1.82) is 0 Å². The molecule has 0 aromatic carbocycles. The number of hydrogen-bond acceptors (Lipinski definition) is 5. The van der Waals surface area contributed by atoms with Gasteiger partial charge in [0.2, 0.25) is 0 Å². The molecule has 1 unspecified atom stereocenters. The van der Waals surface area contributed by atoms with E-state index in [2.05, 4.69) is 12.6 Å². The SMILES string of the molecule is CC1CC(=O)CC1=O.CS.O=C1C=CC(=O)C1. The fourth-order valence-electron chi connectivity index (χ4n) is 1.37. The average Bonchev–Trinajstić information content (AvgIpc) is 2.77. The van der Waals surface area contributed by atoms with Crippen molar-refractivity contribution in [3.63, 3.8) is 0 Å². The summed E-state index contributed by atoms with van der Waals surface area (Å²) in [6.45, 7) is 1.80. The zero-order chi connectivity index (χ0) is 13.4. The quantitative estimate of drug-likeness (QED) is 0.522. The van der Waals surface area contributed by atoms with E-state index in [0.717, 1.165) is 0 Å². The number of Topliss-reactive ketones (excluding diaryl/α,β-unsaturated/α-hetero) is 2. The monoisotopic (exact) mass is 256 g/mol. The van der Waals surface area contributed by atoms with Crippen LogP contribution in [-0.2, 0) is 19.2 Å². The third-order valence-electron chi connectivity index (χ3n) is 2.26. The highest BCUT2D eigenvalue weighted by molar-refractivity contribution is 7.79. The predicted molar refractivity (Wildman–Crippen MR) is 67.1 cm³/mol. The number of thiol groups is 1. The average molecular weight is 256 g/mol. The van der Waals surface area contributed by atoms with Crippen molar-refractivity contribution in [1.82, 2.24) is 0 Å². The van der Waals surface area contributed by atoms with Gasteiger partial charge in [0.25, 0.3) is 0 Å². The van der Waals surface area contributed by atoms with Gasteiger partial charge in [0.1, 0.15) is 11.6 Å². The minimum absolute atomic E-state index is 0.00231. The van der Waals surface area contributed by atoms with Crippen LogP contribution in [0.2, 0.25) is 0 Å². The van der Waals surface area contributed by atoms with E-state index >= 15 is 0 Å². The van der Waals surface area contributed by atoms with Crippen LogP contribution in [0.4, 0.5) is 0 Å². The molecular formula is C12H16O4S. The Bertz CT molecular complexity index is 342. The van der Waals surface area contributed by atoms with Gasteiger partial charge in [0.05, 0.1) is 12.8 Å². The summed E-state index contributed by atoms with van der Waals surface area (Å²) < 4.78 is 0. The van der Waals surface area contributed by atoms with Gasteiger partial charge < -0.3 is 0 Å². The van der Waals surface area contributed by atoms with Crippen molar-refractivity contribution in [2.45, 2.75) is 26.2 Å². The zero-order valence-corrected chi connectivity index (χ0v) is 10.8. The Hall–Kier alpha value is -1.23. The first-order valence-electron chi connectivity index (χ1n) is 5.22. The maximum Gasteiger partial charge on any atom is 0.163 e. The molecule has 0 heterocycles. The van der Waals surface area contributed by atoms with Crippen LogP contribution < -0.4 is 0 Å². The summed E-state index contributed by atoms with van der Waals surface area (Å²) >= 11 is 3.53. The molecule has 0 bridgehead atoms. The van der Waals surface area contributed by atoms with Gasteiger partial charge in [-0.3, -0.25) is 19.2 Å². The first kappa shape index (κ1) is 15.8. The van der Waals surface area contributed by atoms with Gasteiger partial charge in [0, 0.05) is 12.3 Å². The van der Waals surface area contributed by atoms with Crippen LogP contribution in [0.15, 0.2) is 12.2 Å². The molecule has 0 spiro atoms. The van der Waals surface area contributed by atoms with Gasteiger partial charge in [-0.05, 0) is 18.4 Å². The molecule has 94 valence electrons. The fraction of sp³-hybridized carbons (Fsp3) is 0.500. The van der Waals surface area contributed by atoms with Gasteiger partial charge in [-0.2, -0.15) is 12.6 Å². The third kappa shape index (κ3) is 6.16. The maximum absolute atomic E-state index is 10.6. The summed E-state index contributed by atoms with van der Waals surface area (Å²) in [7, 11) is 0. The topological polar surface area (TPSA) is 68.3 Å². The van der Waals surface area contributed by atoms with E-state index in [1.54, 1.807) is 13.2 Å². The Balaban J connectivity index is 0.000000265. The molecule has 1 atom stereocenters. The van der Waals surface area contributed by atoms with Gasteiger partial charge in [-0.15, -0.1) is 0 Å². The minimum atomic E-state index is -0.0787. The van der Waals surface area contributed by atoms with E-state index < -0.39 is 0 Å². The van der Waals surface area contributed by atoms with Crippen LogP contribution in [-0.4, -0.2) is 29.4 Å². The molecule has 0 N–H and O–H groups in total. The Morgan fingerprint density at radius 2 is 1.47 bits per heavy atom. The molecule has 2 rings (SSSR count). The predicted octanol–water partition coefficient (Wildman–Crippen LogP) is 1.19.